The molecule has 28 heavy (non-hydrogen) atoms. The summed E-state index contributed by atoms with van der Waals surface area (Å²) >= 11 is 0. The molecule has 0 radical (unpaired) electrons. The predicted molar refractivity (Wildman–Crippen MR) is 89.5 cm³/mol. The number of hydrogen-bond acceptors (Lipinski definition) is 10. The van der Waals surface area contributed by atoms with Gasteiger partial charge < -0.3 is 25.0 Å². The molecule has 1 fully saturated rings. The summed E-state index contributed by atoms with van der Waals surface area (Å²) in [5, 5.41) is 33.4. The first-order valence-corrected chi connectivity index (χ1v) is 9.16. The number of carbonyl (C=O) groups is 1. The van der Waals surface area contributed by atoms with Gasteiger partial charge in [-0.15, -0.1) is 0 Å². The third-order valence-electron chi connectivity index (χ3n) is 3.75. The van der Waals surface area contributed by atoms with E-state index in [-0.39, 0.29) is 11.4 Å². The highest BCUT2D eigenvalue weighted by atomic mass is 32.3. The van der Waals surface area contributed by atoms with Crippen LogP contribution >= 0.6 is 0 Å². The molecule has 0 spiro atoms. The van der Waals surface area contributed by atoms with Gasteiger partial charge in [-0.25, -0.2) is 4.18 Å². The summed E-state index contributed by atoms with van der Waals surface area (Å²) in [5.74, 6) is -0.506. The van der Waals surface area contributed by atoms with Crippen molar-refractivity contribution >= 4 is 22.0 Å². The molecule has 0 saturated carbocycles. The lowest BCUT2D eigenvalue weighted by Gasteiger charge is -2.42. The van der Waals surface area contributed by atoms with Crippen molar-refractivity contribution in [2.24, 2.45) is 0 Å². The molecule has 2 rings (SSSR count). The van der Waals surface area contributed by atoms with Gasteiger partial charge >= 0.3 is 10.4 Å². The Kier molecular flexibility index (Phi) is 6.87. The van der Waals surface area contributed by atoms with Crippen molar-refractivity contribution in [3.8, 4) is 5.75 Å². The fourth-order valence-corrected chi connectivity index (χ4v) is 2.80. The van der Waals surface area contributed by atoms with Gasteiger partial charge in [-0.05, 0) is 12.1 Å². The summed E-state index contributed by atoms with van der Waals surface area (Å²) in [4.78, 5) is 21.5. The van der Waals surface area contributed by atoms with Crippen LogP contribution in [0.1, 0.15) is 6.92 Å². The largest absolute Gasteiger partial charge is 0.463 e. The molecule has 0 aromatic heterocycles. The van der Waals surface area contributed by atoms with E-state index >= 15 is 0 Å². The molecule has 5 atom stereocenters. The summed E-state index contributed by atoms with van der Waals surface area (Å²) in [6, 6.07) is 3.52. The molecule has 1 saturated heterocycles. The van der Waals surface area contributed by atoms with Crippen molar-refractivity contribution in [2.45, 2.75) is 37.6 Å². The van der Waals surface area contributed by atoms with Gasteiger partial charge in [0.25, 0.3) is 5.69 Å². The minimum Gasteiger partial charge on any atom is -0.463 e. The number of aliphatic hydroxyl groups is 2. The van der Waals surface area contributed by atoms with Crippen LogP contribution in [0.4, 0.5) is 5.69 Å². The molecule has 1 aliphatic heterocycles. The fraction of sp³-hybridized carbons (Fsp3) is 0.500. The third kappa shape index (κ3) is 5.82. The molecule has 1 heterocycles. The zero-order valence-corrected chi connectivity index (χ0v) is 15.2. The molecule has 0 aliphatic carbocycles. The minimum atomic E-state index is -4.83. The first kappa shape index (κ1) is 21.9. The Morgan fingerprint density at radius 1 is 1.29 bits per heavy atom. The van der Waals surface area contributed by atoms with E-state index in [1.807, 2.05) is 0 Å². The van der Waals surface area contributed by atoms with E-state index in [0.29, 0.717) is 0 Å². The van der Waals surface area contributed by atoms with Crippen LogP contribution in [0.3, 0.4) is 0 Å². The molecule has 1 amide bonds. The molecule has 1 aromatic rings. The van der Waals surface area contributed by atoms with Crippen LogP contribution in [0, 0.1) is 10.1 Å². The molecular weight excluding hydrogens is 404 g/mol. The summed E-state index contributed by atoms with van der Waals surface area (Å²) in [7, 11) is -4.83. The summed E-state index contributed by atoms with van der Waals surface area (Å²) < 4.78 is 45.1. The van der Waals surface area contributed by atoms with Gasteiger partial charge in [0.05, 0.1) is 11.5 Å². The van der Waals surface area contributed by atoms with E-state index in [9.17, 15) is 33.5 Å². The molecule has 13 nitrogen and oxygen atoms in total. The third-order valence-corrected chi connectivity index (χ3v) is 4.19. The Bertz CT molecular complexity index is 813. The summed E-state index contributed by atoms with van der Waals surface area (Å²) in [6.45, 7) is 0.305. The quantitative estimate of drug-likeness (QED) is 0.233. The lowest BCUT2D eigenvalue weighted by molar-refractivity contribution is -0.384. The monoisotopic (exact) mass is 422 g/mol. The average molecular weight is 422 g/mol. The Labute approximate surface area is 158 Å². The topological polar surface area (TPSA) is 195 Å². The van der Waals surface area contributed by atoms with E-state index < -0.39 is 58.5 Å². The maximum atomic E-state index is 11.4. The minimum absolute atomic E-state index is 0.0731. The second-order valence-corrected chi connectivity index (χ2v) is 6.92. The smallest absolute Gasteiger partial charge is 0.397 e. The number of hydrogen-bond donors (Lipinski definition) is 4. The average Bonchev–Trinajstić information content (AvgIpc) is 2.59. The van der Waals surface area contributed by atoms with Crippen molar-refractivity contribution in [1.82, 2.24) is 5.32 Å². The van der Waals surface area contributed by atoms with Gasteiger partial charge in [-0.3, -0.25) is 19.5 Å². The van der Waals surface area contributed by atoms with Gasteiger partial charge in [-0.1, -0.05) is 0 Å². The van der Waals surface area contributed by atoms with Gasteiger partial charge in [0.2, 0.25) is 12.2 Å². The zero-order valence-electron chi connectivity index (χ0n) is 14.4. The van der Waals surface area contributed by atoms with Crippen molar-refractivity contribution in [1.29, 1.82) is 0 Å². The maximum Gasteiger partial charge on any atom is 0.397 e. The van der Waals surface area contributed by atoms with Crippen molar-refractivity contribution < 1.29 is 46.6 Å². The fourth-order valence-electron chi connectivity index (χ4n) is 2.49. The number of nitrogens with one attached hydrogen (secondary N) is 1. The van der Waals surface area contributed by atoms with Crippen LogP contribution in [0.5, 0.6) is 5.75 Å². The predicted octanol–water partition coefficient (Wildman–Crippen LogP) is -1.26. The lowest BCUT2D eigenvalue weighted by Crippen LogP contribution is -2.65. The lowest BCUT2D eigenvalue weighted by atomic mass is 9.97. The highest BCUT2D eigenvalue weighted by molar-refractivity contribution is 7.80. The van der Waals surface area contributed by atoms with Crippen molar-refractivity contribution in [2.75, 3.05) is 6.61 Å². The number of ether oxygens (including phenoxy) is 2. The van der Waals surface area contributed by atoms with Crippen molar-refractivity contribution in [3.05, 3.63) is 34.4 Å². The number of rotatable bonds is 7. The van der Waals surface area contributed by atoms with Crippen LogP contribution in [-0.2, 0) is 24.1 Å². The van der Waals surface area contributed by atoms with Crippen LogP contribution < -0.4 is 10.1 Å². The molecule has 0 bridgehead atoms. The highest BCUT2D eigenvalue weighted by Gasteiger charge is 2.46. The Hall–Kier alpha value is -2.36. The van der Waals surface area contributed by atoms with Gasteiger partial charge in [0, 0.05) is 19.1 Å². The first-order chi connectivity index (χ1) is 13.0. The number of benzene rings is 1. The molecule has 0 unspecified atom stereocenters. The molecular formula is C14H18N2O11S. The molecule has 4 N–H and O–H groups in total. The van der Waals surface area contributed by atoms with Crippen LogP contribution in [0.25, 0.3) is 0 Å². The van der Waals surface area contributed by atoms with E-state index in [1.54, 1.807) is 0 Å². The second-order valence-electron chi connectivity index (χ2n) is 5.83. The molecule has 1 aromatic carbocycles. The summed E-state index contributed by atoms with van der Waals surface area (Å²) in [5.41, 5.74) is -0.204. The number of nitro groups is 1. The SMILES string of the molecule is CC(=O)N[C@@H]1[C@@H](Oc2ccc([N+](=O)[O-])cc2)O[C@@H](COS(=O)(=O)O)[C@@H](O)[C@H]1O. The van der Waals surface area contributed by atoms with E-state index in [4.69, 9.17) is 14.0 Å². The number of carbonyl (C=O) groups excluding carboxylic acids is 1. The summed E-state index contributed by atoms with van der Waals surface area (Å²) in [6.07, 6.45) is -6.19. The molecule has 1 aliphatic rings. The maximum absolute atomic E-state index is 11.4. The van der Waals surface area contributed by atoms with Crippen LogP contribution in [0.2, 0.25) is 0 Å². The Morgan fingerprint density at radius 2 is 1.89 bits per heavy atom. The van der Waals surface area contributed by atoms with E-state index in [1.165, 1.54) is 12.1 Å². The molecule has 156 valence electrons. The van der Waals surface area contributed by atoms with E-state index in [2.05, 4.69) is 9.50 Å². The number of amides is 1. The standard InChI is InChI=1S/C14H18N2O11S/c1-7(17)15-11-13(19)12(18)10(6-25-28(22,23)24)27-14(11)26-9-4-2-8(3-5-9)16(20)21/h2-5,10-14,18-19H,6H2,1H3,(H,15,17)(H,22,23,24)/t10-,11-,12+,13-,14-/m0/s1. The van der Waals surface area contributed by atoms with Crippen LogP contribution in [0.15, 0.2) is 24.3 Å². The molecule has 14 heteroatoms. The Morgan fingerprint density at radius 3 is 2.39 bits per heavy atom. The zero-order chi connectivity index (χ0) is 21.1. The highest BCUT2D eigenvalue weighted by Crippen LogP contribution is 2.26. The van der Waals surface area contributed by atoms with Gasteiger partial charge in [0.15, 0.2) is 0 Å². The van der Waals surface area contributed by atoms with E-state index in [0.717, 1.165) is 19.1 Å². The van der Waals surface area contributed by atoms with Gasteiger partial charge in [-0.2, -0.15) is 8.42 Å². The normalized spacial score (nSPS) is 27.8. The number of aliphatic hydroxyl groups excluding tert-OH is 2. The van der Waals surface area contributed by atoms with Crippen LogP contribution in [-0.4, -0.2) is 71.3 Å². The Balaban J connectivity index is 2.21. The number of nitrogens with zero attached hydrogens (tertiary/aromatic N) is 1. The second kappa shape index (κ2) is 8.76. The van der Waals surface area contributed by atoms with Crippen molar-refractivity contribution in [3.63, 3.8) is 0 Å². The first-order valence-electron chi connectivity index (χ1n) is 7.79. The number of non-ortho nitro benzene ring substituents is 1. The number of nitro benzene ring substituents is 1. The van der Waals surface area contributed by atoms with Gasteiger partial charge in [0.1, 0.15) is 30.1 Å².